The van der Waals surface area contributed by atoms with Crippen LogP contribution in [0.5, 0.6) is 5.88 Å². The van der Waals surface area contributed by atoms with Crippen molar-refractivity contribution in [3.05, 3.63) is 54.2 Å². The van der Waals surface area contributed by atoms with Crippen LogP contribution in [0.3, 0.4) is 0 Å². The highest BCUT2D eigenvalue weighted by molar-refractivity contribution is 5.89. The largest absolute Gasteiger partial charge is 0.475 e. The quantitative estimate of drug-likeness (QED) is 0.765. The Balaban J connectivity index is 1.90. The van der Waals surface area contributed by atoms with E-state index in [0.717, 1.165) is 5.56 Å². The molecule has 2 rings (SSSR count). The zero-order valence-corrected chi connectivity index (χ0v) is 14.2. The third-order valence-electron chi connectivity index (χ3n) is 3.45. The van der Waals surface area contributed by atoms with Crippen molar-refractivity contribution in [1.82, 2.24) is 10.3 Å². The summed E-state index contributed by atoms with van der Waals surface area (Å²) in [5, 5.41) is 5.72. The first-order valence-electron chi connectivity index (χ1n) is 7.74. The Kier molecular flexibility index (Phi) is 6.14. The molecule has 2 aromatic rings. The number of rotatable bonds is 7. The number of carbonyl (C=O) groups is 1. The fourth-order valence-corrected chi connectivity index (χ4v) is 2.14. The van der Waals surface area contributed by atoms with Gasteiger partial charge in [-0.25, -0.2) is 9.78 Å². The van der Waals surface area contributed by atoms with E-state index in [2.05, 4.69) is 15.6 Å². The Morgan fingerprint density at radius 2 is 1.88 bits per heavy atom. The molecule has 6 heteroatoms. The van der Waals surface area contributed by atoms with Gasteiger partial charge in [-0.15, -0.1) is 0 Å². The van der Waals surface area contributed by atoms with Crippen LogP contribution in [0.15, 0.2) is 48.7 Å². The molecule has 0 aliphatic rings. The molecular weight excluding hydrogens is 306 g/mol. The molecule has 2 amide bonds. The summed E-state index contributed by atoms with van der Waals surface area (Å²) in [5.74, 6) is 0.489. The van der Waals surface area contributed by atoms with Gasteiger partial charge in [0.05, 0.1) is 24.0 Å². The molecular formula is C18H23N3O3. The third kappa shape index (κ3) is 5.24. The van der Waals surface area contributed by atoms with Gasteiger partial charge in [0.15, 0.2) is 0 Å². The molecule has 0 radical (unpaired) electrons. The lowest BCUT2D eigenvalue weighted by molar-refractivity contribution is 0.144. The molecule has 0 unspecified atom stereocenters. The normalized spacial score (nSPS) is 11.0. The smallest absolute Gasteiger partial charge is 0.319 e. The van der Waals surface area contributed by atoms with E-state index < -0.39 is 5.54 Å². The Hall–Kier alpha value is -2.60. The Bertz CT molecular complexity index is 642. The lowest BCUT2D eigenvalue weighted by Gasteiger charge is -2.27. The SMILES string of the molecule is COCCOc1ccc(NC(=O)NC(C)(C)c2ccccc2)cn1. The third-order valence-corrected chi connectivity index (χ3v) is 3.45. The summed E-state index contributed by atoms with van der Waals surface area (Å²) in [5.41, 5.74) is 1.14. The first kappa shape index (κ1) is 17.7. The number of ether oxygens (including phenoxy) is 2. The van der Waals surface area contributed by atoms with Crippen molar-refractivity contribution in [2.75, 3.05) is 25.6 Å². The fourth-order valence-electron chi connectivity index (χ4n) is 2.14. The predicted molar refractivity (Wildman–Crippen MR) is 93.2 cm³/mol. The van der Waals surface area contributed by atoms with Crippen LogP contribution in [0.25, 0.3) is 0 Å². The summed E-state index contributed by atoms with van der Waals surface area (Å²) < 4.78 is 10.3. The lowest BCUT2D eigenvalue weighted by atomic mass is 9.95. The number of carbonyl (C=O) groups excluding carboxylic acids is 1. The van der Waals surface area contributed by atoms with Crippen molar-refractivity contribution in [3.63, 3.8) is 0 Å². The Morgan fingerprint density at radius 3 is 2.50 bits per heavy atom. The van der Waals surface area contributed by atoms with E-state index in [4.69, 9.17) is 9.47 Å². The average molecular weight is 329 g/mol. The highest BCUT2D eigenvalue weighted by Crippen LogP contribution is 2.19. The van der Waals surface area contributed by atoms with Crippen LogP contribution in [0.1, 0.15) is 19.4 Å². The standard InChI is InChI=1S/C18H23N3O3/c1-18(2,14-7-5-4-6-8-14)21-17(22)20-15-9-10-16(19-13-15)24-12-11-23-3/h4-10,13H,11-12H2,1-3H3,(H2,20,21,22). The fraction of sp³-hybridized carbons (Fsp3) is 0.333. The maximum Gasteiger partial charge on any atom is 0.319 e. The molecule has 0 aliphatic heterocycles. The number of pyridine rings is 1. The number of urea groups is 1. The summed E-state index contributed by atoms with van der Waals surface area (Å²) in [6.07, 6.45) is 1.55. The van der Waals surface area contributed by atoms with Crippen molar-refractivity contribution in [2.24, 2.45) is 0 Å². The number of hydrogen-bond donors (Lipinski definition) is 2. The molecule has 1 aromatic carbocycles. The highest BCUT2D eigenvalue weighted by atomic mass is 16.5. The minimum atomic E-state index is -0.484. The monoisotopic (exact) mass is 329 g/mol. The van der Waals surface area contributed by atoms with Crippen LogP contribution in [0.2, 0.25) is 0 Å². The van der Waals surface area contributed by atoms with Crippen molar-refractivity contribution in [2.45, 2.75) is 19.4 Å². The zero-order valence-electron chi connectivity index (χ0n) is 14.2. The molecule has 2 N–H and O–H groups in total. The van der Waals surface area contributed by atoms with Gasteiger partial charge < -0.3 is 20.1 Å². The maximum absolute atomic E-state index is 12.2. The molecule has 0 saturated carbocycles. The van der Waals surface area contributed by atoms with Gasteiger partial charge in [-0.05, 0) is 25.5 Å². The molecule has 1 aromatic heterocycles. The zero-order chi connectivity index (χ0) is 17.4. The second-order valence-corrected chi connectivity index (χ2v) is 5.80. The van der Waals surface area contributed by atoms with E-state index >= 15 is 0 Å². The van der Waals surface area contributed by atoms with Gasteiger partial charge in [0.25, 0.3) is 0 Å². The second kappa shape index (κ2) is 8.31. The van der Waals surface area contributed by atoms with E-state index in [1.54, 1.807) is 25.4 Å². The summed E-state index contributed by atoms with van der Waals surface area (Å²) in [7, 11) is 1.61. The summed E-state index contributed by atoms with van der Waals surface area (Å²) in [6, 6.07) is 13.0. The number of aromatic nitrogens is 1. The second-order valence-electron chi connectivity index (χ2n) is 5.80. The minimum absolute atomic E-state index is 0.293. The van der Waals surface area contributed by atoms with Crippen LogP contribution < -0.4 is 15.4 Å². The molecule has 6 nitrogen and oxygen atoms in total. The summed E-state index contributed by atoms with van der Waals surface area (Å²) >= 11 is 0. The molecule has 0 fully saturated rings. The van der Waals surface area contributed by atoms with Gasteiger partial charge in [-0.2, -0.15) is 0 Å². The van der Waals surface area contributed by atoms with Crippen molar-refractivity contribution >= 4 is 11.7 Å². The van der Waals surface area contributed by atoms with E-state index in [1.165, 1.54) is 0 Å². The van der Waals surface area contributed by atoms with Gasteiger partial charge in [0.1, 0.15) is 6.61 Å². The number of methoxy groups -OCH3 is 1. The topological polar surface area (TPSA) is 72.5 Å². The van der Waals surface area contributed by atoms with Crippen LogP contribution in [-0.2, 0) is 10.3 Å². The average Bonchev–Trinajstić information content (AvgIpc) is 2.57. The van der Waals surface area contributed by atoms with Crippen molar-refractivity contribution in [1.29, 1.82) is 0 Å². The Labute approximate surface area is 142 Å². The Morgan fingerprint density at radius 1 is 1.12 bits per heavy atom. The maximum atomic E-state index is 12.2. The van der Waals surface area contributed by atoms with Crippen LogP contribution in [-0.4, -0.2) is 31.3 Å². The number of amides is 2. The van der Waals surface area contributed by atoms with Gasteiger partial charge in [0.2, 0.25) is 5.88 Å². The lowest BCUT2D eigenvalue weighted by Crippen LogP contribution is -2.43. The number of anilines is 1. The van der Waals surface area contributed by atoms with Crippen LogP contribution in [0, 0.1) is 0 Å². The molecule has 0 bridgehead atoms. The van der Waals surface area contributed by atoms with Gasteiger partial charge >= 0.3 is 6.03 Å². The van der Waals surface area contributed by atoms with Crippen LogP contribution >= 0.6 is 0 Å². The number of benzene rings is 1. The highest BCUT2D eigenvalue weighted by Gasteiger charge is 2.22. The molecule has 24 heavy (non-hydrogen) atoms. The van der Waals surface area contributed by atoms with Crippen molar-refractivity contribution < 1.29 is 14.3 Å². The van der Waals surface area contributed by atoms with E-state index in [-0.39, 0.29) is 6.03 Å². The predicted octanol–water partition coefficient (Wildman–Crippen LogP) is 3.16. The molecule has 0 aliphatic carbocycles. The van der Waals surface area contributed by atoms with E-state index in [0.29, 0.717) is 24.8 Å². The molecule has 0 spiro atoms. The first-order chi connectivity index (χ1) is 11.5. The molecule has 0 saturated heterocycles. The van der Waals surface area contributed by atoms with Gasteiger partial charge in [-0.3, -0.25) is 0 Å². The number of nitrogens with zero attached hydrogens (tertiary/aromatic N) is 1. The number of nitrogens with one attached hydrogen (secondary N) is 2. The molecule has 128 valence electrons. The molecule has 1 heterocycles. The van der Waals surface area contributed by atoms with Gasteiger partial charge in [0, 0.05) is 13.2 Å². The summed E-state index contributed by atoms with van der Waals surface area (Å²) in [6.45, 7) is 4.83. The van der Waals surface area contributed by atoms with Crippen LogP contribution in [0.4, 0.5) is 10.5 Å². The van der Waals surface area contributed by atoms with E-state index in [1.807, 2.05) is 44.2 Å². The number of hydrogen-bond acceptors (Lipinski definition) is 4. The minimum Gasteiger partial charge on any atom is -0.475 e. The first-order valence-corrected chi connectivity index (χ1v) is 7.74. The van der Waals surface area contributed by atoms with E-state index in [9.17, 15) is 4.79 Å². The van der Waals surface area contributed by atoms with Gasteiger partial charge in [-0.1, -0.05) is 30.3 Å². The summed E-state index contributed by atoms with van der Waals surface area (Å²) in [4.78, 5) is 16.3. The van der Waals surface area contributed by atoms with Crippen molar-refractivity contribution in [3.8, 4) is 5.88 Å². The molecule has 0 atom stereocenters.